The summed E-state index contributed by atoms with van der Waals surface area (Å²) in [5, 5.41) is 10.3. The molecule has 0 N–H and O–H groups in total. The average Bonchev–Trinajstić information content (AvgIpc) is 2.73. The van der Waals surface area contributed by atoms with E-state index in [1.807, 2.05) is 0 Å². The predicted octanol–water partition coefficient (Wildman–Crippen LogP) is 2.91. The fourth-order valence-electron chi connectivity index (χ4n) is 2.97. The summed E-state index contributed by atoms with van der Waals surface area (Å²) < 4.78 is 34.5. The van der Waals surface area contributed by atoms with Gasteiger partial charge in [0.1, 0.15) is 15.0 Å². The summed E-state index contributed by atoms with van der Waals surface area (Å²) in [5.74, 6) is 0. The van der Waals surface area contributed by atoms with Crippen molar-refractivity contribution in [3.05, 3.63) is 101 Å². The van der Waals surface area contributed by atoms with Gasteiger partial charge in [0.2, 0.25) is 0 Å². The van der Waals surface area contributed by atoms with Gasteiger partial charge < -0.3 is 4.55 Å². The smallest absolute Gasteiger partial charge is 0.357 e. The van der Waals surface area contributed by atoms with Crippen LogP contribution in [0.2, 0.25) is 0 Å². The van der Waals surface area contributed by atoms with Crippen LogP contribution in [0.4, 0.5) is 5.69 Å². The van der Waals surface area contributed by atoms with Gasteiger partial charge in [0.05, 0.1) is 4.92 Å². The van der Waals surface area contributed by atoms with E-state index in [1.54, 1.807) is 0 Å². The number of para-hydroxylation sites is 1. The molecule has 3 aromatic rings. The molecule has 0 bridgehead atoms. The van der Waals surface area contributed by atoms with Gasteiger partial charge in [0.25, 0.3) is 5.69 Å². The van der Waals surface area contributed by atoms with Crippen LogP contribution in [0.1, 0.15) is 52.7 Å². The van der Waals surface area contributed by atoms with Crippen LogP contribution >= 0.6 is 0 Å². The van der Waals surface area contributed by atoms with E-state index in [-0.39, 0.29) is 32.0 Å². The van der Waals surface area contributed by atoms with Gasteiger partial charge in [-0.05, 0) is 52.3 Å². The van der Waals surface area contributed by atoms with Gasteiger partial charge in [0, 0.05) is 6.07 Å². The highest BCUT2D eigenvalue weighted by molar-refractivity contribution is 7.85. The highest BCUT2D eigenvalue weighted by atomic mass is 127. The molecule has 0 amide bonds. The summed E-state index contributed by atoms with van der Waals surface area (Å²) in [5.41, 5.74) is 2.62. The summed E-state index contributed by atoms with van der Waals surface area (Å²) in [4.78, 5) is 8.55. The summed E-state index contributed by atoms with van der Waals surface area (Å²) in [6.45, 7) is 13.6. The average molecular weight is 595 g/mol. The van der Waals surface area contributed by atoms with Gasteiger partial charge in [-0.25, -0.2) is 8.42 Å². The molecule has 3 rings (SSSR count). The Balaban J connectivity index is 0.000000270. The van der Waals surface area contributed by atoms with Crippen LogP contribution in [-0.4, -0.2) is 17.9 Å². The Morgan fingerprint density at radius 3 is 1.38 bits per heavy atom. The van der Waals surface area contributed by atoms with E-state index in [4.69, 9.17) is 0 Å². The number of hydrogen-bond acceptors (Lipinski definition) is 5. The molecule has 0 aliphatic heterocycles. The van der Waals surface area contributed by atoms with E-state index in [9.17, 15) is 23.1 Å². The fourth-order valence-corrected chi connectivity index (χ4v) is 5.77. The van der Waals surface area contributed by atoms with Gasteiger partial charge in [-0.15, -0.1) is 0 Å². The molecule has 0 spiro atoms. The van der Waals surface area contributed by atoms with Crippen LogP contribution in [0.25, 0.3) is 0 Å². The lowest BCUT2D eigenvalue weighted by Crippen LogP contribution is -3.61. The van der Waals surface area contributed by atoms with Crippen LogP contribution in [0.15, 0.2) is 77.7 Å². The Morgan fingerprint density at radius 2 is 1.09 bits per heavy atom. The molecule has 182 valence electrons. The number of halogens is 1. The van der Waals surface area contributed by atoms with Crippen LogP contribution in [0, 0.1) is 17.3 Å². The molecule has 0 heterocycles. The Morgan fingerprint density at radius 1 is 0.706 bits per heavy atom. The molecule has 0 fully saturated rings. The minimum atomic E-state index is -4.77. The second kappa shape index (κ2) is 11.0. The maximum Gasteiger partial charge on any atom is 0.357 e. The first-order chi connectivity index (χ1) is 15.6. The molecular formula is C26H30INO5S. The standard InChI is InChI=1S/C20H26I.C6H5NO5S/c1-19(2,3)15-7-11-17(12-8-15)21-18-13-9-16(10-14-18)20(4,5)6;8-7(9)5-3-1-2-4-6(5)13(10,11)12/h7-14H,1-6H3;1-4H,(H,10,11,12)/q+1;/p-1. The van der Waals surface area contributed by atoms with Crippen molar-refractivity contribution in [1.29, 1.82) is 0 Å². The van der Waals surface area contributed by atoms with Gasteiger partial charge in [-0.3, -0.25) is 10.1 Å². The van der Waals surface area contributed by atoms with Crippen molar-refractivity contribution in [1.82, 2.24) is 0 Å². The zero-order valence-electron chi connectivity index (χ0n) is 20.2. The number of benzene rings is 3. The molecule has 0 aliphatic carbocycles. The summed E-state index contributed by atoms with van der Waals surface area (Å²) in [6, 6.07) is 22.8. The molecule has 0 aromatic heterocycles. The zero-order chi connectivity index (χ0) is 25.7. The summed E-state index contributed by atoms with van der Waals surface area (Å²) in [6.07, 6.45) is 0. The zero-order valence-corrected chi connectivity index (χ0v) is 23.2. The van der Waals surface area contributed by atoms with Crippen molar-refractivity contribution in [2.45, 2.75) is 57.3 Å². The van der Waals surface area contributed by atoms with Crippen molar-refractivity contribution >= 4 is 15.8 Å². The van der Waals surface area contributed by atoms with E-state index in [0.29, 0.717) is 0 Å². The number of hydrogen-bond donors (Lipinski definition) is 0. The minimum Gasteiger partial charge on any atom is -0.744 e. The molecule has 0 aliphatic rings. The van der Waals surface area contributed by atoms with Crippen LogP contribution in [0.5, 0.6) is 0 Å². The second-order valence-electron chi connectivity index (χ2n) is 9.79. The Hall–Kier alpha value is -2.30. The van der Waals surface area contributed by atoms with E-state index < -0.39 is 25.6 Å². The molecule has 0 saturated carbocycles. The molecule has 0 radical (unpaired) electrons. The molecule has 0 saturated heterocycles. The van der Waals surface area contributed by atoms with Crippen LogP contribution in [-0.2, 0) is 20.9 Å². The third-order valence-corrected chi connectivity index (χ3v) is 8.54. The SMILES string of the molecule is CC(C)(C)c1ccc([I+]c2ccc(C(C)(C)C)cc2)cc1.O=[N+]([O-])c1ccccc1S(=O)(=O)[O-]. The predicted molar refractivity (Wildman–Crippen MR) is 129 cm³/mol. The topological polar surface area (TPSA) is 100 Å². The van der Waals surface area contributed by atoms with Crippen LogP contribution < -0.4 is 21.2 Å². The molecule has 8 heteroatoms. The fraction of sp³-hybridized carbons (Fsp3) is 0.308. The lowest BCUT2D eigenvalue weighted by Gasteiger charge is -2.18. The van der Waals surface area contributed by atoms with E-state index >= 15 is 0 Å². The molecule has 3 aromatic carbocycles. The van der Waals surface area contributed by atoms with Crippen molar-refractivity contribution in [2.24, 2.45) is 0 Å². The van der Waals surface area contributed by atoms with Gasteiger partial charge >= 0.3 is 21.2 Å². The van der Waals surface area contributed by atoms with Crippen LogP contribution in [0.3, 0.4) is 0 Å². The molecule has 34 heavy (non-hydrogen) atoms. The van der Waals surface area contributed by atoms with Crippen molar-refractivity contribution in [3.8, 4) is 0 Å². The largest absolute Gasteiger partial charge is 0.744 e. The number of nitrogens with zero attached hydrogens (tertiary/aromatic N) is 1. The Labute approximate surface area is 212 Å². The van der Waals surface area contributed by atoms with Gasteiger partial charge in [-0.2, -0.15) is 0 Å². The first-order valence-corrected chi connectivity index (χ1v) is 14.2. The molecule has 0 atom stereocenters. The molecule has 6 nitrogen and oxygen atoms in total. The first-order valence-electron chi connectivity index (χ1n) is 10.6. The third kappa shape index (κ3) is 8.18. The maximum absolute atomic E-state index is 10.5. The lowest BCUT2D eigenvalue weighted by atomic mass is 9.87. The van der Waals surface area contributed by atoms with Crippen molar-refractivity contribution < 1.29 is 39.1 Å². The lowest BCUT2D eigenvalue weighted by molar-refractivity contribution is -0.597. The summed E-state index contributed by atoms with van der Waals surface area (Å²) in [7, 11) is -4.77. The number of rotatable bonds is 4. The van der Waals surface area contributed by atoms with Crippen molar-refractivity contribution in [2.75, 3.05) is 0 Å². The van der Waals surface area contributed by atoms with E-state index in [0.717, 1.165) is 12.1 Å². The highest BCUT2D eigenvalue weighted by Crippen LogP contribution is 2.23. The minimum absolute atomic E-state index is 0.0703. The first kappa shape index (κ1) is 27.9. The number of nitro benzene ring substituents is 1. The monoisotopic (exact) mass is 595 g/mol. The molecular weight excluding hydrogens is 565 g/mol. The Bertz CT molecular complexity index is 1170. The van der Waals surface area contributed by atoms with Gasteiger partial charge in [0.15, 0.2) is 7.14 Å². The van der Waals surface area contributed by atoms with E-state index in [2.05, 4.69) is 90.1 Å². The molecule has 0 unspecified atom stereocenters. The quantitative estimate of drug-likeness (QED) is 0.200. The Kier molecular flexibility index (Phi) is 9.01. The maximum atomic E-state index is 10.5. The normalized spacial score (nSPS) is 12.0. The highest BCUT2D eigenvalue weighted by Gasteiger charge is 2.20. The van der Waals surface area contributed by atoms with Gasteiger partial charge in [-0.1, -0.05) is 77.9 Å². The third-order valence-electron chi connectivity index (χ3n) is 4.97. The second-order valence-corrected chi connectivity index (χ2v) is 14.2. The summed E-state index contributed by atoms with van der Waals surface area (Å²) >= 11 is -0.0703. The number of nitro groups is 1. The van der Waals surface area contributed by atoms with Crippen molar-refractivity contribution in [3.63, 3.8) is 0 Å². The van der Waals surface area contributed by atoms with E-state index in [1.165, 1.54) is 30.4 Å².